The summed E-state index contributed by atoms with van der Waals surface area (Å²) in [5.41, 5.74) is -1.49. The van der Waals surface area contributed by atoms with Crippen molar-refractivity contribution in [3.8, 4) is 0 Å². The summed E-state index contributed by atoms with van der Waals surface area (Å²) in [6.07, 6.45) is 2.91. The van der Waals surface area contributed by atoms with Gasteiger partial charge in [0.1, 0.15) is 0 Å². The molecular weight excluding hydrogens is 188 g/mol. The van der Waals surface area contributed by atoms with E-state index in [0.29, 0.717) is 12.8 Å². The van der Waals surface area contributed by atoms with E-state index in [1.54, 1.807) is 0 Å². The second-order valence-corrected chi connectivity index (χ2v) is 3.25. The van der Waals surface area contributed by atoms with Gasteiger partial charge in [-0.2, -0.15) is 0 Å². The third kappa shape index (κ3) is 2.43. The van der Waals surface area contributed by atoms with E-state index in [2.05, 4.69) is 0 Å². The predicted octanol–water partition coefficient (Wildman–Crippen LogP) is 1.43. The van der Waals surface area contributed by atoms with Gasteiger partial charge in [0.15, 0.2) is 5.41 Å². The molecule has 1 rings (SSSR count). The highest BCUT2D eigenvalue weighted by Crippen LogP contribution is 2.36. The van der Waals surface area contributed by atoms with Gasteiger partial charge in [-0.3, -0.25) is 9.59 Å². The lowest BCUT2D eigenvalue weighted by atomic mass is 9.74. The first kappa shape index (κ1) is 15.3. The minimum Gasteiger partial charge on any atom is -0.480 e. The van der Waals surface area contributed by atoms with Gasteiger partial charge in [-0.25, -0.2) is 0 Å². The van der Waals surface area contributed by atoms with E-state index in [0.717, 1.165) is 6.42 Å². The number of carboxylic acids is 2. The Labute approximate surface area is 82.5 Å². The SMILES string of the molecule is N.N.O=C(O)C1(C(=O)O)CCCCC1. The Kier molecular flexibility index (Phi) is 6.09. The Balaban J connectivity index is 0. The standard InChI is InChI=1S/C8H12O4.2H3N/c9-6(10)8(7(11)12)4-2-1-3-5-8;;/h1-5H2,(H,9,10)(H,11,12);2*1H3. The van der Waals surface area contributed by atoms with Crippen molar-refractivity contribution in [1.29, 1.82) is 0 Å². The summed E-state index contributed by atoms with van der Waals surface area (Å²) in [5.74, 6) is -2.37. The smallest absolute Gasteiger partial charge is 0.321 e. The van der Waals surface area contributed by atoms with Crippen LogP contribution in [0.2, 0.25) is 0 Å². The van der Waals surface area contributed by atoms with Crippen LogP contribution in [-0.2, 0) is 9.59 Å². The van der Waals surface area contributed by atoms with E-state index < -0.39 is 17.4 Å². The topological polar surface area (TPSA) is 145 Å². The maximum absolute atomic E-state index is 10.7. The molecule has 0 aromatic carbocycles. The number of hydrogen-bond acceptors (Lipinski definition) is 4. The first-order valence-electron chi connectivity index (χ1n) is 4.06. The van der Waals surface area contributed by atoms with E-state index in [1.807, 2.05) is 0 Å². The second-order valence-electron chi connectivity index (χ2n) is 3.25. The van der Waals surface area contributed by atoms with Crippen LogP contribution in [0.4, 0.5) is 0 Å². The van der Waals surface area contributed by atoms with E-state index in [9.17, 15) is 9.59 Å². The fourth-order valence-corrected chi connectivity index (χ4v) is 1.67. The molecular formula is C8H18N2O4. The van der Waals surface area contributed by atoms with E-state index in [1.165, 1.54) is 0 Å². The lowest BCUT2D eigenvalue weighted by Crippen LogP contribution is -2.40. The van der Waals surface area contributed by atoms with Crippen molar-refractivity contribution < 1.29 is 19.8 Å². The summed E-state index contributed by atoms with van der Waals surface area (Å²) in [7, 11) is 0. The van der Waals surface area contributed by atoms with Crippen molar-refractivity contribution in [3.63, 3.8) is 0 Å². The molecule has 1 aliphatic rings. The van der Waals surface area contributed by atoms with Gasteiger partial charge in [0.05, 0.1) is 0 Å². The molecule has 0 radical (unpaired) electrons. The minimum absolute atomic E-state index is 0. The normalized spacial score (nSPS) is 18.6. The van der Waals surface area contributed by atoms with Crippen molar-refractivity contribution in [2.75, 3.05) is 0 Å². The highest BCUT2D eigenvalue weighted by molar-refractivity contribution is 5.98. The van der Waals surface area contributed by atoms with Gasteiger partial charge >= 0.3 is 11.9 Å². The molecule has 84 valence electrons. The van der Waals surface area contributed by atoms with E-state index >= 15 is 0 Å². The number of carboxylic acid groups (broad SMARTS) is 2. The van der Waals surface area contributed by atoms with Gasteiger partial charge in [-0.15, -0.1) is 0 Å². The van der Waals surface area contributed by atoms with Crippen LogP contribution in [0.1, 0.15) is 32.1 Å². The van der Waals surface area contributed by atoms with Gasteiger partial charge in [0, 0.05) is 0 Å². The van der Waals surface area contributed by atoms with Crippen molar-refractivity contribution in [2.24, 2.45) is 5.41 Å². The maximum Gasteiger partial charge on any atom is 0.321 e. The first-order chi connectivity index (χ1) is 5.59. The number of aliphatic carboxylic acids is 2. The molecule has 0 aliphatic heterocycles. The fourth-order valence-electron chi connectivity index (χ4n) is 1.67. The lowest BCUT2D eigenvalue weighted by Gasteiger charge is -2.28. The summed E-state index contributed by atoms with van der Waals surface area (Å²) in [5, 5.41) is 17.6. The van der Waals surface area contributed by atoms with Gasteiger partial charge in [-0.1, -0.05) is 19.3 Å². The third-order valence-electron chi connectivity index (χ3n) is 2.53. The molecule has 1 aliphatic carbocycles. The zero-order valence-electron chi connectivity index (χ0n) is 8.16. The number of hydrogen-bond donors (Lipinski definition) is 4. The summed E-state index contributed by atoms with van der Waals surface area (Å²) in [6.45, 7) is 0. The van der Waals surface area contributed by atoms with Crippen LogP contribution >= 0.6 is 0 Å². The van der Waals surface area contributed by atoms with Gasteiger partial charge in [0.25, 0.3) is 0 Å². The Hall–Kier alpha value is -1.14. The van der Waals surface area contributed by atoms with Gasteiger partial charge in [-0.05, 0) is 12.8 Å². The summed E-state index contributed by atoms with van der Waals surface area (Å²) >= 11 is 0. The van der Waals surface area contributed by atoms with Crippen molar-refractivity contribution in [1.82, 2.24) is 12.3 Å². The molecule has 0 atom stereocenters. The van der Waals surface area contributed by atoms with Crippen LogP contribution in [0, 0.1) is 5.41 Å². The molecule has 6 nitrogen and oxygen atoms in total. The van der Waals surface area contributed by atoms with Crippen molar-refractivity contribution in [3.05, 3.63) is 0 Å². The maximum atomic E-state index is 10.7. The van der Waals surface area contributed by atoms with Crippen molar-refractivity contribution in [2.45, 2.75) is 32.1 Å². The molecule has 0 aromatic rings. The van der Waals surface area contributed by atoms with Crippen LogP contribution in [0.3, 0.4) is 0 Å². The summed E-state index contributed by atoms with van der Waals surface area (Å²) in [4.78, 5) is 21.5. The molecule has 14 heavy (non-hydrogen) atoms. The van der Waals surface area contributed by atoms with Crippen LogP contribution in [0.15, 0.2) is 0 Å². The molecule has 0 unspecified atom stereocenters. The molecule has 8 N–H and O–H groups in total. The molecule has 0 bridgehead atoms. The zero-order valence-corrected chi connectivity index (χ0v) is 8.16. The van der Waals surface area contributed by atoms with Crippen LogP contribution in [-0.4, -0.2) is 22.2 Å². The van der Waals surface area contributed by atoms with Crippen LogP contribution < -0.4 is 12.3 Å². The number of carbonyl (C=O) groups is 2. The molecule has 1 saturated carbocycles. The van der Waals surface area contributed by atoms with Crippen molar-refractivity contribution >= 4 is 11.9 Å². The summed E-state index contributed by atoms with van der Waals surface area (Å²) in [6, 6.07) is 0. The molecule has 0 aromatic heterocycles. The fraction of sp³-hybridized carbons (Fsp3) is 0.750. The third-order valence-corrected chi connectivity index (χ3v) is 2.53. The van der Waals surface area contributed by atoms with Gasteiger partial charge < -0.3 is 22.5 Å². The minimum atomic E-state index is -1.49. The largest absolute Gasteiger partial charge is 0.480 e. The highest BCUT2D eigenvalue weighted by Gasteiger charge is 2.46. The van der Waals surface area contributed by atoms with E-state index in [4.69, 9.17) is 10.2 Å². The van der Waals surface area contributed by atoms with Crippen LogP contribution in [0.5, 0.6) is 0 Å². The molecule has 1 fully saturated rings. The Morgan fingerprint density at radius 1 is 0.857 bits per heavy atom. The molecule has 0 amide bonds. The monoisotopic (exact) mass is 206 g/mol. The Bertz CT molecular complexity index is 195. The highest BCUT2D eigenvalue weighted by atomic mass is 16.4. The first-order valence-corrected chi connectivity index (χ1v) is 4.06. The zero-order chi connectivity index (χ0) is 9.19. The predicted molar refractivity (Wildman–Crippen MR) is 50.8 cm³/mol. The summed E-state index contributed by atoms with van der Waals surface area (Å²) < 4.78 is 0. The van der Waals surface area contributed by atoms with E-state index in [-0.39, 0.29) is 25.1 Å². The molecule has 0 saturated heterocycles. The molecule has 0 spiro atoms. The molecule has 6 heteroatoms. The van der Waals surface area contributed by atoms with Crippen LogP contribution in [0.25, 0.3) is 0 Å². The second kappa shape index (κ2) is 5.56. The number of rotatable bonds is 2. The molecule has 0 heterocycles. The average molecular weight is 206 g/mol. The lowest BCUT2D eigenvalue weighted by molar-refractivity contribution is -0.167. The Morgan fingerprint density at radius 3 is 1.43 bits per heavy atom. The Morgan fingerprint density at radius 2 is 1.21 bits per heavy atom. The van der Waals surface area contributed by atoms with Gasteiger partial charge in [0.2, 0.25) is 0 Å². The average Bonchev–Trinajstić information content (AvgIpc) is 2.05. The quantitative estimate of drug-likeness (QED) is 0.503.